The summed E-state index contributed by atoms with van der Waals surface area (Å²) in [6, 6.07) is 13.8. The lowest BCUT2D eigenvalue weighted by Crippen LogP contribution is -2.59. The van der Waals surface area contributed by atoms with Gasteiger partial charge in [0.15, 0.2) is 9.84 Å². The van der Waals surface area contributed by atoms with Crippen LogP contribution < -0.4 is 5.73 Å². The first kappa shape index (κ1) is 28.9. The van der Waals surface area contributed by atoms with Crippen molar-refractivity contribution in [2.24, 2.45) is 17.1 Å². The average molecular weight is 580 g/mol. The summed E-state index contributed by atoms with van der Waals surface area (Å²) in [6.45, 7) is 6.83. The molecule has 206 valence electrons. The standard InChI is InChI=1S/C29H36Cl2N2O4S/c1-28(2,3)38(36,37)17-24(18-8-9-18)33-26(19-10-12-21(30)13-11-19)23(20-6-5-7-22(31)14-20)15-29(4,27(33)35)16-25(32)34/h5-7,10-14,18,23-24,26H,8-9,15-17H2,1-4H3,(H2,32,34)/t23-,24-,26+,29-/m1/s1. The van der Waals surface area contributed by atoms with E-state index in [0.29, 0.717) is 16.5 Å². The van der Waals surface area contributed by atoms with E-state index >= 15 is 0 Å². The molecule has 1 heterocycles. The first-order valence-corrected chi connectivity index (χ1v) is 15.4. The number of hydrogen-bond acceptors (Lipinski definition) is 4. The highest BCUT2D eigenvalue weighted by Gasteiger charge is 2.55. The van der Waals surface area contributed by atoms with Crippen molar-refractivity contribution in [1.29, 1.82) is 0 Å². The van der Waals surface area contributed by atoms with Crippen molar-refractivity contribution in [3.05, 3.63) is 69.7 Å². The number of piperidine rings is 1. The molecule has 2 aromatic rings. The van der Waals surface area contributed by atoms with Gasteiger partial charge in [-0.3, -0.25) is 9.59 Å². The molecule has 0 unspecified atom stereocenters. The summed E-state index contributed by atoms with van der Waals surface area (Å²) in [5, 5.41) is 1.13. The maximum Gasteiger partial charge on any atom is 0.229 e. The number of hydrogen-bond donors (Lipinski definition) is 1. The number of halogens is 2. The maximum atomic E-state index is 14.5. The SMILES string of the molecule is CC(C)(C)S(=O)(=O)C[C@H](C1CC1)N1C(=O)[C@@](C)(CC(N)=O)C[C@H](c2cccc(Cl)c2)[C@@H]1c1ccc(Cl)cc1. The minimum Gasteiger partial charge on any atom is -0.370 e. The highest BCUT2D eigenvalue weighted by Crippen LogP contribution is 2.54. The van der Waals surface area contributed by atoms with Crippen LogP contribution in [-0.2, 0) is 19.4 Å². The number of likely N-dealkylation sites (tertiary alicyclic amines) is 1. The Kier molecular flexibility index (Phi) is 7.97. The van der Waals surface area contributed by atoms with Crippen LogP contribution in [0.5, 0.6) is 0 Å². The van der Waals surface area contributed by atoms with Gasteiger partial charge in [-0.2, -0.15) is 0 Å². The van der Waals surface area contributed by atoms with Gasteiger partial charge in [0.2, 0.25) is 11.8 Å². The van der Waals surface area contributed by atoms with Gasteiger partial charge in [0.05, 0.1) is 22.0 Å². The van der Waals surface area contributed by atoms with Crippen LogP contribution in [-0.4, -0.2) is 41.7 Å². The molecule has 0 bridgehead atoms. The van der Waals surface area contributed by atoms with Crippen molar-refractivity contribution in [3.8, 4) is 0 Å². The molecule has 6 nitrogen and oxygen atoms in total. The van der Waals surface area contributed by atoms with Gasteiger partial charge in [0, 0.05) is 28.4 Å². The second-order valence-corrected chi connectivity index (χ2v) is 15.7. The van der Waals surface area contributed by atoms with Gasteiger partial charge < -0.3 is 10.6 Å². The highest BCUT2D eigenvalue weighted by molar-refractivity contribution is 7.92. The fourth-order valence-corrected chi connectivity index (χ4v) is 7.40. The van der Waals surface area contributed by atoms with Crippen LogP contribution >= 0.6 is 23.2 Å². The third-order valence-electron chi connectivity index (χ3n) is 8.00. The number of benzene rings is 2. The van der Waals surface area contributed by atoms with Gasteiger partial charge in [-0.15, -0.1) is 0 Å². The lowest BCUT2D eigenvalue weighted by Gasteiger charge is -2.52. The van der Waals surface area contributed by atoms with E-state index in [1.807, 2.05) is 30.3 Å². The Balaban J connectivity index is 1.94. The first-order chi connectivity index (χ1) is 17.6. The monoisotopic (exact) mass is 578 g/mol. The summed E-state index contributed by atoms with van der Waals surface area (Å²) >= 11 is 12.6. The van der Waals surface area contributed by atoms with Crippen molar-refractivity contribution in [1.82, 2.24) is 4.90 Å². The van der Waals surface area contributed by atoms with Crippen LogP contribution in [0, 0.1) is 11.3 Å². The molecule has 2 N–H and O–H groups in total. The van der Waals surface area contributed by atoms with Crippen LogP contribution in [0.25, 0.3) is 0 Å². The predicted molar refractivity (Wildman–Crippen MR) is 152 cm³/mol. The van der Waals surface area contributed by atoms with E-state index in [1.165, 1.54) is 0 Å². The summed E-state index contributed by atoms with van der Waals surface area (Å²) in [4.78, 5) is 28.4. The van der Waals surface area contributed by atoms with Crippen LogP contribution in [0.15, 0.2) is 48.5 Å². The van der Waals surface area contributed by atoms with Crippen molar-refractivity contribution >= 4 is 44.9 Å². The average Bonchev–Trinajstić information content (AvgIpc) is 3.64. The summed E-state index contributed by atoms with van der Waals surface area (Å²) in [6.07, 6.45) is 1.92. The molecular formula is C29H36Cl2N2O4S. The van der Waals surface area contributed by atoms with Crippen LogP contribution in [0.4, 0.5) is 0 Å². The molecule has 2 aliphatic rings. The molecule has 9 heteroatoms. The van der Waals surface area contributed by atoms with Gasteiger partial charge in [-0.05, 0) is 81.3 Å². The summed E-state index contributed by atoms with van der Waals surface area (Å²) in [5.41, 5.74) is 6.33. The number of sulfone groups is 1. The number of amides is 2. The quantitative estimate of drug-likeness (QED) is 0.420. The van der Waals surface area contributed by atoms with Crippen molar-refractivity contribution in [2.45, 2.75) is 76.1 Å². The Morgan fingerprint density at radius 3 is 2.24 bits per heavy atom. The lowest BCUT2D eigenvalue weighted by atomic mass is 9.67. The highest BCUT2D eigenvalue weighted by atomic mass is 35.5. The molecular weight excluding hydrogens is 543 g/mol. The van der Waals surface area contributed by atoms with Crippen molar-refractivity contribution < 1.29 is 18.0 Å². The molecule has 1 aliphatic carbocycles. The Morgan fingerprint density at radius 1 is 1.08 bits per heavy atom. The second-order valence-electron chi connectivity index (χ2n) is 12.1. The normalized spacial score (nSPS) is 25.3. The second kappa shape index (κ2) is 10.5. The van der Waals surface area contributed by atoms with E-state index in [4.69, 9.17) is 28.9 Å². The van der Waals surface area contributed by atoms with Gasteiger partial charge in [-0.1, -0.05) is 54.4 Å². The smallest absolute Gasteiger partial charge is 0.229 e. The van der Waals surface area contributed by atoms with E-state index in [2.05, 4.69) is 0 Å². The molecule has 0 spiro atoms. The number of rotatable bonds is 8. The van der Waals surface area contributed by atoms with Crippen molar-refractivity contribution in [2.75, 3.05) is 5.75 Å². The maximum absolute atomic E-state index is 14.5. The van der Waals surface area contributed by atoms with Crippen LogP contribution in [0.1, 0.15) is 76.5 Å². The van der Waals surface area contributed by atoms with E-state index < -0.39 is 38.0 Å². The minimum atomic E-state index is -3.56. The minimum absolute atomic E-state index is 0.0572. The zero-order chi connectivity index (χ0) is 28.0. The van der Waals surface area contributed by atoms with Crippen molar-refractivity contribution in [3.63, 3.8) is 0 Å². The van der Waals surface area contributed by atoms with E-state index in [9.17, 15) is 18.0 Å². The van der Waals surface area contributed by atoms with Crippen LogP contribution in [0.3, 0.4) is 0 Å². The fourth-order valence-electron chi connectivity index (χ4n) is 5.69. The third-order valence-corrected chi connectivity index (χ3v) is 11.1. The molecule has 38 heavy (non-hydrogen) atoms. The topological polar surface area (TPSA) is 97.5 Å². The molecule has 4 atom stereocenters. The molecule has 4 rings (SSSR count). The molecule has 2 amide bonds. The largest absolute Gasteiger partial charge is 0.370 e. The summed E-state index contributed by atoms with van der Waals surface area (Å²) in [5.74, 6) is -1.15. The van der Waals surface area contributed by atoms with Gasteiger partial charge in [-0.25, -0.2) is 8.42 Å². The number of primary amides is 1. The molecule has 0 radical (unpaired) electrons. The first-order valence-electron chi connectivity index (χ1n) is 13.0. The molecule has 1 saturated heterocycles. The number of nitrogens with zero attached hydrogens (tertiary/aromatic N) is 1. The fraction of sp³-hybridized carbons (Fsp3) is 0.517. The lowest BCUT2D eigenvalue weighted by molar-refractivity contribution is -0.157. The van der Waals surface area contributed by atoms with Crippen LogP contribution in [0.2, 0.25) is 10.0 Å². The summed E-state index contributed by atoms with van der Waals surface area (Å²) in [7, 11) is -3.56. The number of nitrogens with two attached hydrogens (primary N) is 1. The van der Waals surface area contributed by atoms with Gasteiger partial charge in [0.25, 0.3) is 0 Å². The molecule has 1 aliphatic heterocycles. The van der Waals surface area contributed by atoms with E-state index in [1.54, 1.807) is 50.8 Å². The third kappa shape index (κ3) is 5.90. The molecule has 2 aromatic carbocycles. The van der Waals surface area contributed by atoms with Gasteiger partial charge >= 0.3 is 0 Å². The Bertz CT molecular complexity index is 1320. The zero-order valence-electron chi connectivity index (χ0n) is 22.3. The Hall–Kier alpha value is -2.09. The van der Waals surface area contributed by atoms with Gasteiger partial charge in [0.1, 0.15) is 0 Å². The molecule has 1 saturated carbocycles. The molecule has 0 aromatic heterocycles. The van der Waals surface area contributed by atoms with E-state index in [-0.39, 0.29) is 29.9 Å². The summed E-state index contributed by atoms with van der Waals surface area (Å²) < 4.78 is 26.1. The Labute approximate surface area is 235 Å². The number of carbonyl (C=O) groups is 2. The molecule has 2 fully saturated rings. The predicted octanol–water partition coefficient (Wildman–Crippen LogP) is 5.92. The Morgan fingerprint density at radius 2 is 1.71 bits per heavy atom. The zero-order valence-corrected chi connectivity index (χ0v) is 24.6. The van der Waals surface area contributed by atoms with E-state index in [0.717, 1.165) is 24.0 Å². The number of carbonyl (C=O) groups excluding carboxylic acids is 2.